The van der Waals surface area contributed by atoms with Crippen molar-refractivity contribution < 1.29 is 4.79 Å². The molecule has 0 aliphatic carbocycles. The predicted molar refractivity (Wildman–Crippen MR) is 147 cm³/mol. The van der Waals surface area contributed by atoms with Gasteiger partial charge in [-0.3, -0.25) is 9.69 Å². The Bertz CT molecular complexity index is 1440. The Hall–Kier alpha value is -3.68. The van der Waals surface area contributed by atoms with Crippen LogP contribution in [0.1, 0.15) is 32.7 Å². The van der Waals surface area contributed by atoms with Gasteiger partial charge in [-0.2, -0.15) is 4.98 Å². The van der Waals surface area contributed by atoms with Crippen molar-refractivity contribution >= 4 is 34.2 Å². The van der Waals surface area contributed by atoms with Crippen LogP contribution < -0.4 is 10.2 Å². The molecule has 4 heterocycles. The van der Waals surface area contributed by atoms with Crippen molar-refractivity contribution in [3.63, 3.8) is 0 Å². The molecule has 0 atom stereocenters. The predicted octanol–water partition coefficient (Wildman–Crippen LogP) is 5.12. The maximum atomic E-state index is 11.8. The largest absolute Gasteiger partial charge is 0.369 e. The molecule has 8 heteroatoms. The van der Waals surface area contributed by atoms with Gasteiger partial charge in [-0.05, 0) is 66.8 Å². The molecule has 2 aliphatic heterocycles. The van der Waals surface area contributed by atoms with Gasteiger partial charge in [-0.1, -0.05) is 30.3 Å². The van der Waals surface area contributed by atoms with E-state index in [2.05, 4.69) is 75.6 Å². The Balaban J connectivity index is 1.14. The summed E-state index contributed by atoms with van der Waals surface area (Å²) in [6.07, 6.45) is 5.25. The number of anilines is 3. The van der Waals surface area contributed by atoms with Crippen molar-refractivity contribution in [1.29, 1.82) is 0 Å². The second-order valence-corrected chi connectivity index (χ2v) is 10.1. The molecule has 2 aromatic carbocycles. The first-order valence-corrected chi connectivity index (χ1v) is 13.1. The van der Waals surface area contributed by atoms with Crippen LogP contribution in [0.25, 0.3) is 5.82 Å². The van der Waals surface area contributed by atoms with E-state index in [1.165, 1.54) is 11.3 Å². The highest BCUT2D eigenvalue weighted by Crippen LogP contribution is 2.29. The molecule has 1 fully saturated rings. The summed E-state index contributed by atoms with van der Waals surface area (Å²) in [6.45, 7) is 7.24. The van der Waals surface area contributed by atoms with E-state index in [0.717, 1.165) is 73.9 Å². The maximum Gasteiger partial charge on any atom is 0.254 e. The van der Waals surface area contributed by atoms with Crippen LogP contribution in [-0.4, -0.2) is 50.9 Å². The molecule has 0 bridgehead atoms. The number of halogens is 1. The molecule has 1 N–H and O–H groups in total. The lowest BCUT2D eigenvalue weighted by molar-refractivity contribution is 0.108. The number of rotatable bonds is 6. The van der Waals surface area contributed by atoms with Gasteiger partial charge in [0.1, 0.15) is 5.82 Å². The van der Waals surface area contributed by atoms with Gasteiger partial charge >= 0.3 is 0 Å². The highest BCUT2D eigenvalue weighted by atomic mass is 35.5. The normalized spacial score (nSPS) is 15.2. The van der Waals surface area contributed by atoms with Crippen molar-refractivity contribution in [2.75, 3.05) is 36.4 Å². The van der Waals surface area contributed by atoms with Crippen LogP contribution in [0.15, 0.2) is 67.0 Å². The van der Waals surface area contributed by atoms with Crippen molar-refractivity contribution in [3.8, 4) is 5.82 Å². The van der Waals surface area contributed by atoms with Gasteiger partial charge in [0.2, 0.25) is 5.95 Å². The summed E-state index contributed by atoms with van der Waals surface area (Å²) in [5.41, 5.74) is 7.24. The number of carbonyl (C=O) groups is 1. The minimum absolute atomic E-state index is 0.432. The quantitative estimate of drug-likeness (QED) is 0.362. The van der Waals surface area contributed by atoms with Crippen molar-refractivity contribution in [1.82, 2.24) is 19.4 Å². The van der Waals surface area contributed by atoms with E-state index < -0.39 is 5.24 Å². The first-order chi connectivity index (χ1) is 18.0. The number of aryl methyl sites for hydroxylation is 2. The fourth-order valence-corrected chi connectivity index (χ4v) is 5.48. The van der Waals surface area contributed by atoms with Crippen LogP contribution in [0.2, 0.25) is 0 Å². The molecule has 188 valence electrons. The third-order valence-electron chi connectivity index (χ3n) is 7.35. The zero-order valence-electron chi connectivity index (χ0n) is 20.8. The van der Waals surface area contributed by atoms with E-state index in [0.29, 0.717) is 11.5 Å². The summed E-state index contributed by atoms with van der Waals surface area (Å²) < 4.78 is 1.95. The number of hydrogen-bond acceptors (Lipinski definition) is 6. The first kappa shape index (κ1) is 23.7. The number of aromatic nitrogens is 3. The number of nitrogens with zero attached hydrogens (tertiary/aromatic N) is 5. The summed E-state index contributed by atoms with van der Waals surface area (Å²) in [5, 5.41) is 2.96. The van der Waals surface area contributed by atoms with Gasteiger partial charge < -0.3 is 14.8 Å². The number of piperazine rings is 1. The molecule has 6 rings (SSSR count). The zero-order valence-corrected chi connectivity index (χ0v) is 21.6. The molecule has 7 nitrogen and oxygen atoms in total. The SMILES string of the molecule is Cc1cc(N2CCN(Cc3ccccc3)CC2)ccc1Nc1ncc2c(n1)-n1ccc(C(=O)Cl)c1CC2. The minimum atomic E-state index is -0.432. The molecule has 0 saturated carbocycles. The molecule has 2 aliphatic rings. The van der Waals surface area contributed by atoms with Gasteiger partial charge in [0.15, 0.2) is 0 Å². The second kappa shape index (κ2) is 10.00. The lowest BCUT2D eigenvalue weighted by Crippen LogP contribution is -2.46. The molecule has 4 aromatic rings. The summed E-state index contributed by atoms with van der Waals surface area (Å²) in [7, 11) is 0. The summed E-state index contributed by atoms with van der Waals surface area (Å²) in [6, 6.07) is 18.9. The van der Waals surface area contributed by atoms with Gasteiger partial charge in [0.05, 0.1) is 5.56 Å². The van der Waals surface area contributed by atoms with E-state index in [1.54, 1.807) is 6.07 Å². The van der Waals surface area contributed by atoms with Gasteiger partial charge in [-0.15, -0.1) is 0 Å². The Morgan fingerprint density at radius 1 is 1.03 bits per heavy atom. The van der Waals surface area contributed by atoms with Crippen molar-refractivity contribution in [2.45, 2.75) is 26.3 Å². The smallest absolute Gasteiger partial charge is 0.254 e. The highest BCUT2D eigenvalue weighted by Gasteiger charge is 2.23. The number of fused-ring (bicyclic) bond motifs is 3. The lowest BCUT2D eigenvalue weighted by Gasteiger charge is -2.36. The lowest BCUT2D eigenvalue weighted by atomic mass is 10.0. The fourth-order valence-electron chi connectivity index (χ4n) is 5.30. The number of nitrogens with one attached hydrogen (secondary N) is 1. The van der Waals surface area contributed by atoms with Crippen LogP contribution in [-0.2, 0) is 19.4 Å². The number of benzene rings is 2. The van der Waals surface area contributed by atoms with Gasteiger partial charge in [0.25, 0.3) is 5.24 Å². The average Bonchev–Trinajstić information content (AvgIpc) is 3.36. The molecule has 0 unspecified atom stereocenters. The van der Waals surface area contributed by atoms with E-state index in [4.69, 9.17) is 16.6 Å². The molecule has 37 heavy (non-hydrogen) atoms. The molecular formula is C29H29ClN6O. The monoisotopic (exact) mass is 512 g/mol. The van der Waals surface area contributed by atoms with Gasteiger partial charge in [-0.25, -0.2) is 4.98 Å². The summed E-state index contributed by atoms with van der Waals surface area (Å²) in [4.78, 5) is 26.1. The van der Waals surface area contributed by atoms with E-state index in [1.807, 2.05) is 17.0 Å². The van der Waals surface area contributed by atoms with Crippen molar-refractivity contribution in [3.05, 3.63) is 94.9 Å². The standard InChI is InChI=1S/C29H29ClN6O/c1-20-17-23(35-15-13-34(14-16-35)19-21-5-3-2-4-6-21)8-9-25(20)32-29-31-18-22-7-10-26-24(27(30)37)11-12-36(26)28(22)33-29/h2-6,8-9,11-12,17-18H,7,10,13-16,19H2,1H3,(H,31,32,33). The molecule has 1 saturated heterocycles. The van der Waals surface area contributed by atoms with Crippen LogP contribution in [0.5, 0.6) is 0 Å². The Kier molecular flexibility index (Phi) is 6.40. The fraction of sp³-hybridized carbons (Fsp3) is 0.276. The highest BCUT2D eigenvalue weighted by molar-refractivity contribution is 6.67. The van der Waals surface area contributed by atoms with Crippen LogP contribution >= 0.6 is 11.6 Å². The Morgan fingerprint density at radius 3 is 2.59 bits per heavy atom. The van der Waals surface area contributed by atoms with E-state index in [-0.39, 0.29) is 0 Å². The third-order valence-corrected chi connectivity index (χ3v) is 7.55. The first-order valence-electron chi connectivity index (χ1n) is 12.7. The average molecular weight is 513 g/mol. The third kappa shape index (κ3) is 4.84. The molecule has 0 radical (unpaired) electrons. The van der Waals surface area contributed by atoms with Crippen LogP contribution in [0.3, 0.4) is 0 Å². The van der Waals surface area contributed by atoms with E-state index in [9.17, 15) is 4.79 Å². The van der Waals surface area contributed by atoms with Crippen LogP contribution in [0.4, 0.5) is 17.3 Å². The second-order valence-electron chi connectivity index (χ2n) is 9.74. The molecule has 0 spiro atoms. The Morgan fingerprint density at radius 2 is 1.84 bits per heavy atom. The minimum Gasteiger partial charge on any atom is -0.369 e. The topological polar surface area (TPSA) is 66.3 Å². The van der Waals surface area contributed by atoms with Gasteiger partial charge in [0, 0.05) is 67.7 Å². The summed E-state index contributed by atoms with van der Waals surface area (Å²) in [5.74, 6) is 1.33. The maximum absolute atomic E-state index is 11.8. The van der Waals surface area contributed by atoms with Crippen LogP contribution in [0, 0.1) is 6.92 Å². The van der Waals surface area contributed by atoms with E-state index >= 15 is 0 Å². The summed E-state index contributed by atoms with van der Waals surface area (Å²) >= 11 is 5.77. The zero-order chi connectivity index (χ0) is 25.4. The number of hydrogen-bond donors (Lipinski definition) is 1. The van der Waals surface area contributed by atoms with Crippen molar-refractivity contribution in [2.24, 2.45) is 0 Å². The number of carbonyl (C=O) groups excluding carboxylic acids is 1. The molecular weight excluding hydrogens is 484 g/mol. The Labute approximate surface area is 221 Å². The molecule has 0 amide bonds. The molecule has 2 aromatic heterocycles.